The van der Waals surface area contributed by atoms with E-state index in [0.717, 1.165) is 37.4 Å². The molecule has 104 valence electrons. The monoisotopic (exact) mass is 270 g/mol. The Balaban J connectivity index is 2.00. The van der Waals surface area contributed by atoms with Crippen molar-refractivity contribution in [2.24, 2.45) is 0 Å². The third kappa shape index (κ3) is 2.31. The summed E-state index contributed by atoms with van der Waals surface area (Å²) < 4.78 is 39.1. The molecule has 0 amide bonds. The van der Waals surface area contributed by atoms with Crippen LogP contribution in [0, 0.1) is 0 Å². The molecular formula is C14H17F3N2. The lowest BCUT2D eigenvalue weighted by atomic mass is 9.83. The zero-order chi connectivity index (χ0) is 13.5. The fraction of sp³-hybridized carbons (Fsp3) is 0.571. The van der Waals surface area contributed by atoms with Gasteiger partial charge in [0.15, 0.2) is 0 Å². The molecule has 2 nitrogen and oxygen atoms in total. The van der Waals surface area contributed by atoms with Crippen LogP contribution in [0.4, 0.5) is 18.9 Å². The van der Waals surface area contributed by atoms with Crippen molar-refractivity contribution >= 4 is 5.69 Å². The van der Waals surface area contributed by atoms with E-state index < -0.39 is 11.7 Å². The van der Waals surface area contributed by atoms with E-state index in [1.807, 2.05) is 6.07 Å². The van der Waals surface area contributed by atoms with E-state index in [0.29, 0.717) is 18.3 Å². The Hall–Kier alpha value is -1.23. The minimum Gasteiger partial charge on any atom is -0.384 e. The molecule has 0 radical (unpaired) electrons. The minimum atomic E-state index is -4.29. The van der Waals surface area contributed by atoms with Crippen molar-refractivity contribution in [2.45, 2.75) is 37.4 Å². The molecule has 1 saturated heterocycles. The number of halogens is 3. The first-order valence-electron chi connectivity index (χ1n) is 6.75. The number of nitrogens with one attached hydrogen (secondary N) is 2. The Kier molecular flexibility index (Phi) is 3.17. The van der Waals surface area contributed by atoms with Crippen LogP contribution in [-0.2, 0) is 6.18 Å². The highest BCUT2D eigenvalue weighted by Gasteiger charge is 2.38. The maximum Gasteiger partial charge on any atom is 0.418 e. The van der Waals surface area contributed by atoms with Crippen LogP contribution in [0.3, 0.4) is 0 Å². The molecule has 5 heteroatoms. The molecule has 1 aromatic rings. The topological polar surface area (TPSA) is 24.1 Å². The van der Waals surface area contributed by atoms with Crippen molar-refractivity contribution in [3.63, 3.8) is 0 Å². The van der Waals surface area contributed by atoms with Gasteiger partial charge >= 0.3 is 6.18 Å². The second-order valence-corrected chi connectivity index (χ2v) is 5.29. The largest absolute Gasteiger partial charge is 0.418 e. The van der Waals surface area contributed by atoms with E-state index in [9.17, 15) is 13.2 Å². The fourth-order valence-corrected chi connectivity index (χ4v) is 3.29. The van der Waals surface area contributed by atoms with Crippen molar-refractivity contribution in [3.05, 3.63) is 29.3 Å². The molecule has 2 N–H and O–H groups in total. The van der Waals surface area contributed by atoms with Gasteiger partial charge in [-0.15, -0.1) is 0 Å². The van der Waals surface area contributed by atoms with E-state index in [1.54, 1.807) is 0 Å². The van der Waals surface area contributed by atoms with Crippen LogP contribution in [0.2, 0.25) is 0 Å². The molecule has 2 heterocycles. The van der Waals surface area contributed by atoms with E-state index in [1.165, 1.54) is 6.07 Å². The second kappa shape index (κ2) is 4.71. The van der Waals surface area contributed by atoms with Crippen LogP contribution in [-0.4, -0.2) is 19.1 Å². The standard InChI is InChI=1S/C14H17F3N2/c15-14(16,17)11-4-1-3-10-9(6-8-19-13(10)11)12-5-2-7-18-12/h1,3-4,9,12,18-19H,2,5-8H2. The normalized spacial score (nSPS) is 26.9. The van der Waals surface area contributed by atoms with Crippen molar-refractivity contribution in [3.8, 4) is 0 Å². The molecule has 3 rings (SSSR count). The van der Waals surface area contributed by atoms with Crippen LogP contribution in [0.15, 0.2) is 18.2 Å². The van der Waals surface area contributed by atoms with Gasteiger partial charge in [0.1, 0.15) is 0 Å². The van der Waals surface area contributed by atoms with Crippen molar-refractivity contribution in [2.75, 3.05) is 18.4 Å². The van der Waals surface area contributed by atoms with Crippen LogP contribution in [0.25, 0.3) is 0 Å². The smallest absolute Gasteiger partial charge is 0.384 e. The maximum absolute atomic E-state index is 13.0. The summed E-state index contributed by atoms with van der Waals surface area (Å²) in [6.07, 6.45) is -1.22. The quantitative estimate of drug-likeness (QED) is 0.817. The van der Waals surface area contributed by atoms with E-state index >= 15 is 0 Å². The lowest BCUT2D eigenvalue weighted by Crippen LogP contribution is -2.33. The van der Waals surface area contributed by atoms with Gasteiger partial charge in [-0.25, -0.2) is 0 Å². The molecule has 2 unspecified atom stereocenters. The average Bonchev–Trinajstić information content (AvgIpc) is 2.90. The van der Waals surface area contributed by atoms with Gasteiger partial charge in [-0.2, -0.15) is 13.2 Å². The molecule has 0 saturated carbocycles. The summed E-state index contributed by atoms with van der Waals surface area (Å²) in [5.41, 5.74) is 0.577. The number of rotatable bonds is 1. The molecule has 1 fully saturated rings. The van der Waals surface area contributed by atoms with Crippen molar-refractivity contribution in [1.29, 1.82) is 0 Å². The minimum absolute atomic E-state index is 0.195. The van der Waals surface area contributed by atoms with Gasteiger partial charge in [0.05, 0.1) is 5.56 Å². The summed E-state index contributed by atoms with van der Waals surface area (Å²) in [6.45, 7) is 1.59. The molecule has 2 atom stereocenters. The van der Waals surface area contributed by atoms with E-state index in [2.05, 4.69) is 10.6 Å². The Morgan fingerprint density at radius 2 is 1.95 bits per heavy atom. The summed E-state index contributed by atoms with van der Waals surface area (Å²) in [5.74, 6) is 0.195. The van der Waals surface area contributed by atoms with Crippen molar-refractivity contribution < 1.29 is 13.2 Å². The van der Waals surface area contributed by atoms with Gasteiger partial charge in [-0.1, -0.05) is 12.1 Å². The number of fused-ring (bicyclic) bond motifs is 1. The van der Waals surface area contributed by atoms with Gasteiger partial charge in [-0.3, -0.25) is 0 Å². The van der Waals surface area contributed by atoms with E-state index in [-0.39, 0.29) is 5.92 Å². The van der Waals surface area contributed by atoms with E-state index in [4.69, 9.17) is 0 Å². The Morgan fingerprint density at radius 1 is 1.11 bits per heavy atom. The van der Waals surface area contributed by atoms with Crippen LogP contribution in [0.5, 0.6) is 0 Å². The lowest BCUT2D eigenvalue weighted by Gasteiger charge is -2.32. The second-order valence-electron chi connectivity index (χ2n) is 5.29. The number of hydrogen-bond donors (Lipinski definition) is 2. The molecule has 1 aromatic carbocycles. The molecule has 2 aliphatic rings. The van der Waals surface area contributed by atoms with Crippen molar-refractivity contribution in [1.82, 2.24) is 5.32 Å². The zero-order valence-corrected chi connectivity index (χ0v) is 10.6. The highest BCUT2D eigenvalue weighted by Crippen LogP contribution is 2.43. The van der Waals surface area contributed by atoms with Gasteiger partial charge in [0, 0.05) is 24.2 Å². The fourth-order valence-electron chi connectivity index (χ4n) is 3.29. The first-order chi connectivity index (χ1) is 9.07. The SMILES string of the molecule is FC(F)(F)c1cccc2c1NCCC2C1CCCN1. The molecule has 0 spiro atoms. The summed E-state index contributed by atoms with van der Waals surface area (Å²) in [5, 5.41) is 6.36. The summed E-state index contributed by atoms with van der Waals surface area (Å²) >= 11 is 0. The van der Waals surface area contributed by atoms with Gasteiger partial charge in [0.25, 0.3) is 0 Å². The third-order valence-corrected chi connectivity index (χ3v) is 4.14. The first kappa shape index (κ1) is 12.8. The predicted octanol–water partition coefficient (Wildman–Crippen LogP) is 3.36. The number of benzene rings is 1. The predicted molar refractivity (Wildman–Crippen MR) is 68.3 cm³/mol. The Labute approximate surface area is 110 Å². The highest BCUT2D eigenvalue weighted by molar-refractivity contribution is 5.62. The lowest BCUT2D eigenvalue weighted by molar-refractivity contribution is -0.137. The van der Waals surface area contributed by atoms with Gasteiger partial charge < -0.3 is 10.6 Å². The number of anilines is 1. The number of alkyl halides is 3. The summed E-state index contributed by atoms with van der Waals surface area (Å²) in [7, 11) is 0. The Morgan fingerprint density at radius 3 is 2.63 bits per heavy atom. The number of para-hydroxylation sites is 1. The van der Waals surface area contributed by atoms with Crippen LogP contribution in [0.1, 0.15) is 36.3 Å². The maximum atomic E-state index is 13.0. The molecule has 19 heavy (non-hydrogen) atoms. The average molecular weight is 270 g/mol. The van der Waals surface area contributed by atoms with Crippen LogP contribution < -0.4 is 10.6 Å². The third-order valence-electron chi connectivity index (χ3n) is 4.14. The molecular weight excluding hydrogens is 253 g/mol. The Bertz CT molecular complexity index is 464. The van der Waals surface area contributed by atoms with Gasteiger partial charge in [-0.05, 0) is 37.4 Å². The van der Waals surface area contributed by atoms with Gasteiger partial charge in [0.2, 0.25) is 0 Å². The number of hydrogen-bond acceptors (Lipinski definition) is 2. The first-order valence-corrected chi connectivity index (χ1v) is 6.75. The summed E-state index contributed by atoms with van der Waals surface area (Å²) in [6, 6.07) is 4.85. The molecule has 0 aromatic heterocycles. The summed E-state index contributed by atoms with van der Waals surface area (Å²) in [4.78, 5) is 0. The zero-order valence-electron chi connectivity index (χ0n) is 10.6. The molecule has 0 aliphatic carbocycles. The highest BCUT2D eigenvalue weighted by atomic mass is 19.4. The molecule has 2 aliphatic heterocycles. The molecule has 0 bridgehead atoms. The van der Waals surface area contributed by atoms with Crippen LogP contribution >= 0.6 is 0 Å².